The Kier molecular flexibility index (Phi) is 5.22. The first kappa shape index (κ1) is 10.7. The molecule has 11 heavy (non-hydrogen) atoms. The van der Waals surface area contributed by atoms with Crippen molar-refractivity contribution in [3.8, 4) is 0 Å². The lowest BCUT2D eigenvalue weighted by Gasteiger charge is -2.05. The maximum absolute atomic E-state index is 3.94. The van der Waals surface area contributed by atoms with Crippen molar-refractivity contribution in [2.24, 2.45) is 0 Å². The number of halogens is 1. The average molecular weight is 215 g/mol. The first-order chi connectivity index (χ1) is 5.07. The van der Waals surface area contributed by atoms with Gasteiger partial charge in [0.15, 0.2) is 0 Å². The molecular weight excluding hydrogens is 200 g/mol. The highest BCUT2D eigenvalue weighted by molar-refractivity contribution is 9.11. The van der Waals surface area contributed by atoms with Gasteiger partial charge in [0.1, 0.15) is 0 Å². The Labute approximate surface area is 77.8 Å². The summed E-state index contributed by atoms with van der Waals surface area (Å²) in [4.78, 5) is 0. The van der Waals surface area contributed by atoms with Crippen LogP contribution in [0.4, 0.5) is 0 Å². The van der Waals surface area contributed by atoms with E-state index in [-0.39, 0.29) is 0 Å². The van der Waals surface area contributed by atoms with Gasteiger partial charge in [-0.15, -0.1) is 0 Å². The molecule has 0 radical (unpaired) electrons. The zero-order valence-corrected chi connectivity index (χ0v) is 8.71. The molecule has 0 saturated carbocycles. The average Bonchev–Trinajstić information content (AvgIpc) is 1.98. The quantitative estimate of drug-likeness (QED) is 0.603. The topological polar surface area (TPSA) is 0 Å². The van der Waals surface area contributed by atoms with Gasteiger partial charge in [-0.05, 0) is 23.7 Å². The van der Waals surface area contributed by atoms with Gasteiger partial charge in [-0.2, -0.15) is 0 Å². The fourth-order valence-electron chi connectivity index (χ4n) is 0.713. The van der Waals surface area contributed by atoms with Crippen molar-refractivity contribution in [1.29, 1.82) is 0 Å². The van der Waals surface area contributed by atoms with Crippen molar-refractivity contribution in [2.75, 3.05) is 0 Å². The van der Waals surface area contributed by atoms with Gasteiger partial charge in [-0.25, -0.2) is 0 Å². The molecular formula is C10H15Br. The second kappa shape index (κ2) is 5.36. The number of rotatable bonds is 5. The van der Waals surface area contributed by atoms with E-state index in [9.17, 15) is 0 Å². The Hall–Kier alpha value is -0.300. The van der Waals surface area contributed by atoms with Crippen molar-refractivity contribution in [3.63, 3.8) is 0 Å². The summed E-state index contributed by atoms with van der Waals surface area (Å²) in [6.45, 7) is 13.7. The maximum atomic E-state index is 3.94. The molecule has 0 nitrogen and oxygen atoms in total. The molecule has 0 bridgehead atoms. The van der Waals surface area contributed by atoms with Crippen LogP contribution in [0.1, 0.15) is 26.2 Å². The van der Waals surface area contributed by atoms with Gasteiger partial charge in [-0.1, -0.05) is 53.7 Å². The predicted octanol–water partition coefficient (Wildman–Crippen LogP) is 4.20. The maximum Gasteiger partial charge on any atom is -0.0118 e. The van der Waals surface area contributed by atoms with Gasteiger partial charge >= 0.3 is 0 Å². The monoisotopic (exact) mass is 214 g/mol. The Balaban J connectivity index is 3.70. The van der Waals surface area contributed by atoms with E-state index in [4.69, 9.17) is 0 Å². The second-order valence-electron chi connectivity index (χ2n) is 2.58. The SMILES string of the molecule is C=C(Br)CCC(=C)C(=C)CC. The first-order valence-corrected chi connectivity index (χ1v) is 4.56. The Bertz CT molecular complexity index is 177. The standard InChI is InChI=1S/C10H15Br/c1-5-8(2)9(3)6-7-10(4)11/h2-7H2,1H3. The lowest BCUT2D eigenvalue weighted by atomic mass is 10.0. The van der Waals surface area contributed by atoms with Crippen LogP contribution in [0.5, 0.6) is 0 Å². The normalized spacial score (nSPS) is 9.27. The lowest BCUT2D eigenvalue weighted by Crippen LogP contribution is -1.85. The molecule has 62 valence electrons. The van der Waals surface area contributed by atoms with Crippen LogP contribution in [0.2, 0.25) is 0 Å². The van der Waals surface area contributed by atoms with Gasteiger partial charge in [0.05, 0.1) is 0 Å². The fraction of sp³-hybridized carbons (Fsp3) is 0.400. The highest BCUT2D eigenvalue weighted by Gasteiger charge is 1.97. The van der Waals surface area contributed by atoms with Crippen LogP contribution in [0.25, 0.3) is 0 Å². The summed E-state index contributed by atoms with van der Waals surface area (Å²) in [5, 5.41) is 0. The van der Waals surface area contributed by atoms with Crippen molar-refractivity contribution in [1.82, 2.24) is 0 Å². The summed E-state index contributed by atoms with van der Waals surface area (Å²) >= 11 is 3.31. The summed E-state index contributed by atoms with van der Waals surface area (Å²) in [5.74, 6) is 0. The van der Waals surface area contributed by atoms with E-state index in [1.165, 1.54) is 0 Å². The molecule has 0 fully saturated rings. The van der Waals surface area contributed by atoms with Crippen LogP contribution >= 0.6 is 15.9 Å². The third-order valence-corrected chi connectivity index (χ3v) is 2.02. The molecule has 1 heteroatoms. The first-order valence-electron chi connectivity index (χ1n) is 3.77. The number of hydrogen-bond acceptors (Lipinski definition) is 0. The summed E-state index contributed by atoms with van der Waals surface area (Å²) in [6.07, 6.45) is 2.92. The van der Waals surface area contributed by atoms with Gasteiger partial charge in [-0.3, -0.25) is 0 Å². The third-order valence-electron chi connectivity index (χ3n) is 1.62. The van der Waals surface area contributed by atoms with Crippen molar-refractivity contribution in [3.05, 3.63) is 35.4 Å². The molecule has 0 saturated heterocycles. The molecule has 0 aromatic rings. The molecule has 0 unspecified atom stereocenters. The minimum Gasteiger partial charge on any atom is -0.0956 e. The predicted molar refractivity (Wildman–Crippen MR) is 55.9 cm³/mol. The van der Waals surface area contributed by atoms with E-state index in [1.54, 1.807) is 0 Å². The van der Waals surface area contributed by atoms with Crippen LogP contribution in [-0.2, 0) is 0 Å². The number of allylic oxidation sites excluding steroid dienone is 3. The minimum absolute atomic E-state index is 0.956. The summed E-state index contributed by atoms with van der Waals surface area (Å²) in [7, 11) is 0. The molecule has 0 amide bonds. The summed E-state index contributed by atoms with van der Waals surface area (Å²) in [6, 6.07) is 0. The van der Waals surface area contributed by atoms with E-state index in [2.05, 4.69) is 42.6 Å². The zero-order chi connectivity index (χ0) is 8.85. The van der Waals surface area contributed by atoms with Crippen molar-refractivity contribution >= 4 is 15.9 Å². The molecule has 0 rings (SSSR count). The largest absolute Gasteiger partial charge is 0.0956 e. The number of hydrogen-bond donors (Lipinski definition) is 0. The van der Waals surface area contributed by atoms with Gasteiger partial charge < -0.3 is 0 Å². The van der Waals surface area contributed by atoms with Crippen LogP contribution in [0.15, 0.2) is 35.4 Å². The van der Waals surface area contributed by atoms with Crippen LogP contribution in [0, 0.1) is 0 Å². The minimum atomic E-state index is 0.956. The molecule has 0 N–H and O–H groups in total. The van der Waals surface area contributed by atoms with E-state index in [1.807, 2.05) is 0 Å². The Morgan fingerprint density at radius 2 is 1.64 bits per heavy atom. The van der Waals surface area contributed by atoms with Crippen molar-refractivity contribution < 1.29 is 0 Å². The zero-order valence-electron chi connectivity index (χ0n) is 7.12. The third kappa shape index (κ3) is 5.02. The highest BCUT2D eigenvalue weighted by atomic mass is 79.9. The molecule has 0 aromatic carbocycles. The summed E-state index contributed by atoms with van der Waals surface area (Å²) in [5.41, 5.74) is 2.30. The van der Waals surface area contributed by atoms with E-state index < -0.39 is 0 Å². The fourth-order valence-corrected chi connectivity index (χ4v) is 0.912. The molecule has 0 aliphatic rings. The van der Waals surface area contributed by atoms with Gasteiger partial charge in [0.2, 0.25) is 0 Å². The smallest absolute Gasteiger partial charge is 0.0118 e. The van der Waals surface area contributed by atoms with Gasteiger partial charge in [0, 0.05) is 0 Å². The Morgan fingerprint density at radius 3 is 2.00 bits per heavy atom. The molecule has 0 aromatic heterocycles. The van der Waals surface area contributed by atoms with Crippen LogP contribution < -0.4 is 0 Å². The second-order valence-corrected chi connectivity index (χ2v) is 3.70. The van der Waals surface area contributed by atoms with E-state index in [0.29, 0.717) is 0 Å². The van der Waals surface area contributed by atoms with Gasteiger partial charge in [0.25, 0.3) is 0 Å². The molecule has 0 atom stereocenters. The summed E-state index contributed by atoms with van der Waals surface area (Å²) < 4.78 is 1.03. The highest BCUT2D eigenvalue weighted by Crippen LogP contribution is 2.19. The lowest BCUT2D eigenvalue weighted by molar-refractivity contribution is 0.956. The van der Waals surface area contributed by atoms with E-state index in [0.717, 1.165) is 34.9 Å². The van der Waals surface area contributed by atoms with Crippen LogP contribution in [0.3, 0.4) is 0 Å². The van der Waals surface area contributed by atoms with Crippen LogP contribution in [-0.4, -0.2) is 0 Å². The molecule has 0 aliphatic heterocycles. The molecule has 0 spiro atoms. The van der Waals surface area contributed by atoms with Crippen molar-refractivity contribution in [2.45, 2.75) is 26.2 Å². The Morgan fingerprint density at radius 1 is 1.09 bits per heavy atom. The molecule has 0 heterocycles. The molecule has 0 aliphatic carbocycles. The van der Waals surface area contributed by atoms with E-state index >= 15 is 0 Å².